The number of aryl methyl sites for hydroxylation is 1. The molecule has 0 saturated carbocycles. The van der Waals surface area contributed by atoms with Crippen LogP contribution in [0.1, 0.15) is 28.7 Å². The highest BCUT2D eigenvalue weighted by molar-refractivity contribution is 5.93. The Hall–Kier alpha value is -2.83. The van der Waals surface area contributed by atoms with Crippen molar-refractivity contribution in [1.29, 1.82) is 0 Å². The minimum absolute atomic E-state index is 0.253. The number of carboxylic acid groups (broad SMARTS) is 1. The molecule has 0 bridgehead atoms. The summed E-state index contributed by atoms with van der Waals surface area (Å²) in [7, 11) is 0. The molecule has 7 heteroatoms. The monoisotopic (exact) mass is 318 g/mol. The van der Waals surface area contributed by atoms with Crippen LogP contribution in [0, 0.1) is 0 Å². The van der Waals surface area contributed by atoms with Gasteiger partial charge in [-0.15, -0.1) is 0 Å². The van der Waals surface area contributed by atoms with Gasteiger partial charge >= 0.3 is 5.97 Å². The molecule has 1 aromatic carbocycles. The number of amides is 1. The van der Waals surface area contributed by atoms with Gasteiger partial charge in [-0.1, -0.05) is 19.1 Å². The highest BCUT2D eigenvalue weighted by Crippen LogP contribution is 2.12. The molecule has 0 atom stereocenters. The Kier molecular flexibility index (Phi) is 5.74. The van der Waals surface area contributed by atoms with Gasteiger partial charge in [0.05, 0.1) is 0 Å². The second-order valence-corrected chi connectivity index (χ2v) is 4.81. The molecular weight excluding hydrogens is 300 g/mol. The van der Waals surface area contributed by atoms with Gasteiger partial charge in [0.1, 0.15) is 11.5 Å². The van der Waals surface area contributed by atoms with Crippen LogP contribution in [0.4, 0.5) is 0 Å². The van der Waals surface area contributed by atoms with Crippen molar-refractivity contribution >= 4 is 11.9 Å². The van der Waals surface area contributed by atoms with E-state index in [1.807, 2.05) is 19.1 Å². The van der Waals surface area contributed by atoms with E-state index in [-0.39, 0.29) is 12.5 Å². The van der Waals surface area contributed by atoms with Crippen molar-refractivity contribution in [2.75, 3.05) is 13.2 Å². The molecule has 1 heterocycles. The molecule has 0 fully saturated rings. The average Bonchev–Trinajstić information content (AvgIpc) is 3.02. The molecule has 7 nitrogen and oxygen atoms in total. The van der Waals surface area contributed by atoms with Gasteiger partial charge in [-0.3, -0.25) is 4.79 Å². The van der Waals surface area contributed by atoms with E-state index in [2.05, 4.69) is 10.3 Å². The van der Waals surface area contributed by atoms with Crippen LogP contribution in [-0.4, -0.2) is 35.1 Å². The summed E-state index contributed by atoms with van der Waals surface area (Å²) in [4.78, 5) is 26.3. The number of aliphatic carboxylic acids is 1. The Labute approximate surface area is 133 Å². The van der Waals surface area contributed by atoms with Crippen molar-refractivity contribution in [3.8, 4) is 5.75 Å². The number of carbonyl (C=O) groups excluding carboxylic acids is 1. The highest BCUT2D eigenvalue weighted by Gasteiger charge is 2.14. The third kappa shape index (κ3) is 4.84. The Balaban J connectivity index is 1.80. The fraction of sp³-hybridized carbons (Fsp3) is 0.312. The SMILES string of the molecule is CCc1ocnc1C(=O)NCCc1ccc(OCC(=O)O)cc1. The quantitative estimate of drug-likeness (QED) is 0.767. The number of aromatic nitrogens is 1. The lowest BCUT2D eigenvalue weighted by atomic mass is 10.1. The lowest BCUT2D eigenvalue weighted by Gasteiger charge is -2.06. The van der Waals surface area contributed by atoms with Crippen molar-refractivity contribution in [2.24, 2.45) is 0 Å². The first kappa shape index (κ1) is 16.5. The number of ether oxygens (including phenoxy) is 1. The molecule has 0 radical (unpaired) electrons. The first-order valence-electron chi connectivity index (χ1n) is 7.24. The summed E-state index contributed by atoms with van der Waals surface area (Å²) in [6.45, 7) is 1.99. The number of carboxylic acids is 1. The Morgan fingerprint density at radius 3 is 2.70 bits per heavy atom. The fourth-order valence-corrected chi connectivity index (χ4v) is 2.01. The van der Waals surface area contributed by atoms with Crippen molar-refractivity contribution < 1.29 is 23.8 Å². The van der Waals surface area contributed by atoms with E-state index in [0.29, 0.717) is 36.6 Å². The molecule has 0 spiro atoms. The number of hydrogen-bond donors (Lipinski definition) is 2. The molecule has 0 aliphatic carbocycles. The van der Waals surface area contributed by atoms with Crippen molar-refractivity contribution in [1.82, 2.24) is 10.3 Å². The number of hydrogen-bond acceptors (Lipinski definition) is 5. The molecule has 1 aromatic heterocycles. The normalized spacial score (nSPS) is 10.3. The van der Waals surface area contributed by atoms with Crippen LogP contribution in [0.3, 0.4) is 0 Å². The molecule has 2 aromatic rings. The zero-order chi connectivity index (χ0) is 16.7. The van der Waals surface area contributed by atoms with Gasteiger partial charge in [0.2, 0.25) is 0 Å². The number of carbonyl (C=O) groups is 2. The number of benzene rings is 1. The van der Waals surface area contributed by atoms with Crippen LogP contribution >= 0.6 is 0 Å². The molecule has 0 saturated heterocycles. The first-order chi connectivity index (χ1) is 11.1. The van der Waals surface area contributed by atoms with Gasteiger partial charge in [0.15, 0.2) is 18.7 Å². The predicted octanol–water partition coefficient (Wildman–Crippen LogP) is 1.67. The molecule has 0 unspecified atom stereocenters. The summed E-state index contributed by atoms with van der Waals surface area (Å²) in [5.41, 5.74) is 1.33. The van der Waals surface area contributed by atoms with Crippen molar-refractivity contribution in [2.45, 2.75) is 19.8 Å². The highest BCUT2D eigenvalue weighted by atomic mass is 16.5. The third-order valence-corrected chi connectivity index (χ3v) is 3.16. The Bertz CT molecular complexity index is 663. The van der Waals surface area contributed by atoms with Crippen LogP contribution in [0.25, 0.3) is 0 Å². The van der Waals surface area contributed by atoms with E-state index in [1.165, 1.54) is 6.39 Å². The van der Waals surface area contributed by atoms with Gasteiger partial charge in [-0.25, -0.2) is 9.78 Å². The van der Waals surface area contributed by atoms with Gasteiger partial charge in [-0.05, 0) is 24.1 Å². The molecule has 122 valence electrons. The average molecular weight is 318 g/mol. The molecular formula is C16H18N2O5. The van der Waals surface area contributed by atoms with Crippen molar-refractivity contribution in [3.63, 3.8) is 0 Å². The van der Waals surface area contributed by atoms with Crippen LogP contribution < -0.4 is 10.1 Å². The summed E-state index contributed by atoms with van der Waals surface area (Å²) in [6, 6.07) is 7.06. The standard InChI is InChI=1S/C16H18N2O5/c1-2-13-15(18-10-23-13)16(21)17-8-7-11-3-5-12(6-4-11)22-9-14(19)20/h3-6,10H,2,7-9H2,1H3,(H,17,21)(H,19,20). The summed E-state index contributed by atoms with van der Waals surface area (Å²) in [5.74, 6) is -0.203. The Morgan fingerprint density at radius 2 is 2.04 bits per heavy atom. The molecule has 0 aliphatic heterocycles. The van der Waals surface area contributed by atoms with E-state index < -0.39 is 5.97 Å². The number of oxazole rings is 1. The Morgan fingerprint density at radius 1 is 1.30 bits per heavy atom. The summed E-state index contributed by atoms with van der Waals surface area (Å²) in [5, 5.41) is 11.3. The van der Waals surface area contributed by atoms with E-state index in [9.17, 15) is 9.59 Å². The maximum Gasteiger partial charge on any atom is 0.341 e. The smallest absolute Gasteiger partial charge is 0.341 e. The molecule has 0 aliphatic rings. The zero-order valence-electron chi connectivity index (χ0n) is 12.7. The van der Waals surface area contributed by atoms with E-state index in [0.717, 1.165) is 5.56 Å². The summed E-state index contributed by atoms with van der Waals surface area (Å²) >= 11 is 0. The molecule has 2 rings (SSSR count). The minimum Gasteiger partial charge on any atom is -0.482 e. The van der Waals surface area contributed by atoms with Gasteiger partial charge in [0, 0.05) is 13.0 Å². The number of nitrogens with zero attached hydrogens (tertiary/aromatic N) is 1. The van der Waals surface area contributed by atoms with E-state index in [4.69, 9.17) is 14.3 Å². The first-order valence-corrected chi connectivity index (χ1v) is 7.24. The second-order valence-electron chi connectivity index (χ2n) is 4.81. The van der Waals surface area contributed by atoms with Gasteiger partial charge in [0.25, 0.3) is 5.91 Å². The maximum atomic E-state index is 12.0. The van der Waals surface area contributed by atoms with E-state index >= 15 is 0 Å². The lowest BCUT2D eigenvalue weighted by molar-refractivity contribution is -0.139. The maximum absolute atomic E-state index is 12.0. The number of nitrogens with one attached hydrogen (secondary N) is 1. The largest absolute Gasteiger partial charge is 0.482 e. The summed E-state index contributed by atoms with van der Waals surface area (Å²) in [6.07, 6.45) is 2.52. The third-order valence-electron chi connectivity index (χ3n) is 3.16. The van der Waals surface area contributed by atoms with Crippen molar-refractivity contribution in [3.05, 3.63) is 47.7 Å². The van der Waals surface area contributed by atoms with Gasteiger partial charge < -0.3 is 19.6 Å². The number of rotatable bonds is 8. The van der Waals surface area contributed by atoms with E-state index in [1.54, 1.807) is 12.1 Å². The van der Waals surface area contributed by atoms with Gasteiger partial charge in [-0.2, -0.15) is 0 Å². The summed E-state index contributed by atoms with van der Waals surface area (Å²) < 4.78 is 10.2. The second kappa shape index (κ2) is 7.98. The topological polar surface area (TPSA) is 102 Å². The van der Waals surface area contributed by atoms with Crippen LogP contribution in [0.2, 0.25) is 0 Å². The molecule has 23 heavy (non-hydrogen) atoms. The van der Waals surface area contributed by atoms with Crippen LogP contribution in [-0.2, 0) is 17.6 Å². The van der Waals surface area contributed by atoms with Crippen LogP contribution in [0.15, 0.2) is 35.1 Å². The lowest BCUT2D eigenvalue weighted by Crippen LogP contribution is -2.26. The zero-order valence-corrected chi connectivity index (χ0v) is 12.7. The molecule has 2 N–H and O–H groups in total. The molecule has 1 amide bonds. The fourth-order valence-electron chi connectivity index (χ4n) is 2.01. The van der Waals surface area contributed by atoms with Crippen LogP contribution in [0.5, 0.6) is 5.75 Å². The minimum atomic E-state index is -1.02. The predicted molar refractivity (Wildman–Crippen MR) is 81.5 cm³/mol.